The summed E-state index contributed by atoms with van der Waals surface area (Å²) in [4.78, 5) is 32.8. The highest BCUT2D eigenvalue weighted by molar-refractivity contribution is 7.18. The molecule has 31 heavy (non-hydrogen) atoms. The van der Waals surface area contributed by atoms with Crippen LogP contribution in [0.15, 0.2) is 63.8 Å². The Labute approximate surface area is 182 Å². The van der Waals surface area contributed by atoms with E-state index in [2.05, 4.69) is 11.0 Å². The Hall–Kier alpha value is -3.23. The molecule has 0 spiro atoms. The lowest BCUT2D eigenvalue weighted by Crippen LogP contribution is -2.49. The minimum absolute atomic E-state index is 0.0412. The number of nitrogens with zero attached hydrogens (tertiary/aromatic N) is 3. The van der Waals surface area contributed by atoms with E-state index < -0.39 is 5.63 Å². The summed E-state index contributed by atoms with van der Waals surface area (Å²) < 4.78 is 12.0. The van der Waals surface area contributed by atoms with Gasteiger partial charge in [0, 0.05) is 43.7 Å². The third kappa shape index (κ3) is 4.45. The molecule has 1 aliphatic heterocycles. The maximum atomic E-state index is 12.6. The van der Waals surface area contributed by atoms with Crippen LogP contribution >= 0.6 is 11.3 Å². The van der Waals surface area contributed by atoms with Gasteiger partial charge in [-0.25, -0.2) is 9.78 Å². The van der Waals surface area contributed by atoms with E-state index in [0.29, 0.717) is 24.4 Å². The zero-order valence-electron chi connectivity index (χ0n) is 16.8. The molecule has 2 aromatic heterocycles. The van der Waals surface area contributed by atoms with E-state index in [-0.39, 0.29) is 12.5 Å². The smallest absolute Gasteiger partial charge is 0.336 e. The standard InChI is InChI=1S/C23H21N3O4S/c27-22(15-29-17-7-5-16-6-8-23(28)30-19(16)13-17)26-11-9-25(10-12-26)14-21-24-18-3-1-2-4-20(18)31-21/h1-8,13H,9-12,14-15H2. The first-order chi connectivity index (χ1) is 15.1. The predicted octanol–water partition coefficient (Wildman–Crippen LogP) is 3.13. The number of rotatable bonds is 5. The zero-order chi connectivity index (χ0) is 21.2. The molecule has 0 bridgehead atoms. The van der Waals surface area contributed by atoms with Crippen molar-refractivity contribution in [3.05, 3.63) is 70.0 Å². The number of amides is 1. The molecule has 1 saturated heterocycles. The van der Waals surface area contributed by atoms with Crippen molar-refractivity contribution in [1.82, 2.24) is 14.8 Å². The Morgan fingerprint density at radius 1 is 1.06 bits per heavy atom. The molecule has 7 nitrogen and oxygen atoms in total. The Balaban J connectivity index is 1.13. The highest BCUT2D eigenvalue weighted by Gasteiger charge is 2.22. The topological polar surface area (TPSA) is 75.9 Å². The molecule has 4 aromatic rings. The molecule has 1 amide bonds. The van der Waals surface area contributed by atoms with E-state index in [1.165, 1.54) is 10.8 Å². The van der Waals surface area contributed by atoms with Crippen molar-refractivity contribution in [3.8, 4) is 5.75 Å². The molecule has 5 rings (SSSR count). The lowest BCUT2D eigenvalue weighted by atomic mass is 10.2. The molecule has 0 atom stereocenters. The summed E-state index contributed by atoms with van der Waals surface area (Å²) in [7, 11) is 0. The molecule has 0 unspecified atom stereocenters. The Morgan fingerprint density at radius 3 is 2.71 bits per heavy atom. The van der Waals surface area contributed by atoms with Crippen molar-refractivity contribution in [2.75, 3.05) is 32.8 Å². The second-order valence-corrected chi connectivity index (χ2v) is 8.59. The molecule has 3 heterocycles. The van der Waals surface area contributed by atoms with Gasteiger partial charge in [0.25, 0.3) is 5.91 Å². The molecule has 1 aliphatic rings. The molecule has 0 saturated carbocycles. The zero-order valence-corrected chi connectivity index (χ0v) is 17.6. The Bertz CT molecular complexity index is 1260. The maximum absolute atomic E-state index is 12.6. The first-order valence-electron chi connectivity index (χ1n) is 10.2. The van der Waals surface area contributed by atoms with E-state index in [1.807, 2.05) is 23.1 Å². The number of para-hydroxylation sites is 1. The summed E-state index contributed by atoms with van der Waals surface area (Å²) in [5, 5.41) is 1.91. The number of piperazine rings is 1. The van der Waals surface area contributed by atoms with Crippen LogP contribution in [0.1, 0.15) is 5.01 Å². The van der Waals surface area contributed by atoms with E-state index >= 15 is 0 Å². The number of ether oxygens (including phenoxy) is 1. The normalized spacial score (nSPS) is 14.9. The van der Waals surface area contributed by atoms with Crippen LogP contribution in [0.2, 0.25) is 0 Å². The molecule has 0 radical (unpaired) electrons. The van der Waals surface area contributed by atoms with Crippen molar-refractivity contribution in [1.29, 1.82) is 0 Å². The van der Waals surface area contributed by atoms with Crippen molar-refractivity contribution in [3.63, 3.8) is 0 Å². The lowest BCUT2D eigenvalue weighted by molar-refractivity contribution is -0.135. The molecule has 158 valence electrons. The van der Waals surface area contributed by atoms with Gasteiger partial charge < -0.3 is 14.1 Å². The molecule has 1 fully saturated rings. The van der Waals surface area contributed by atoms with Gasteiger partial charge in [-0.1, -0.05) is 12.1 Å². The van der Waals surface area contributed by atoms with Gasteiger partial charge in [0.05, 0.1) is 16.8 Å². The van der Waals surface area contributed by atoms with Crippen molar-refractivity contribution < 1.29 is 13.9 Å². The van der Waals surface area contributed by atoms with Gasteiger partial charge in [0.2, 0.25) is 0 Å². The summed E-state index contributed by atoms with van der Waals surface area (Å²) in [6.07, 6.45) is 0. The fourth-order valence-electron chi connectivity index (χ4n) is 3.70. The number of aromatic nitrogens is 1. The fourth-order valence-corrected chi connectivity index (χ4v) is 4.71. The highest BCUT2D eigenvalue weighted by Crippen LogP contribution is 2.23. The van der Waals surface area contributed by atoms with E-state index in [0.717, 1.165) is 35.5 Å². The van der Waals surface area contributed by atoms with E-state index in [1.54, 1.807) is 35.6 Å². The number of carbonyl (C=O) groups excluding carboxylic acids is 1. The number of thiazole rings is 1. The van der Waals surface area contributed by atoms with E-state index in [4.69, 9.17) is 14.1 Å². The minimum Gasteiger partial charge on any atom is -0.484 e. The average Bonchev–Trinajstić information content (AvgIpc) is 3.20. The number of hydrogen-bond donors (Lipinski definition) is 0. The Kier molecular flexibility index (Phi) is 5.40. The average molecular weight is 436 g/mol. The van der Waals surface area contributed by atoms with Gasteiger partial charge in [-0.05, 0) is 30.3 Å². The molecule has 0 N–H and O–H groups in total. The third-order valence-corrected chi connectivity index (χ3v) is 6.40. The second kappa shape index (κ2) is 8.49. The van der Waals surface area contributed by atoms with Gasteiger partial charge in [-0.2, -0.15) is 0 Å². The first kappa shape index (κ1) is 19.7. The van der Waals surface area contributed by atoms with Gasteiger partial charge >= 0.3 is 5.63 Å². The molecule has 8 heteroatoms. The van der Waals surface area contributed by atoms with Crippen LogP contribution in [0.3, 0.4) is 0 Å². The summed E-state index contributed by atoms with van der Waals surface area (Å²) in [5.41, 5.74) is 1.08. The molecular formula is C23H21N3O4S. The Morgan fingerprint density at radius 2 is 1.87 bits per heavy atom. The monoisotopic (exact) mass is 435 g/mol. The van der Waals surface area contributed by atoms with Gasteiger partial charge in [-0.15, -0.1) is 11.3 Å². The third-order valence-electron chi connectivity index (χ3n) is 5.38. The van der Waals surface area contributed by atoms with Gasteiger partial charge in [0.15, 0.2) is 6.61 Å². The highest BCUT2D eigenvalue weighted by atomic mass is 32.1. The first-order valence-corrected chi connectivity index (χ1v) is 11.0. The predicted molar refractivity (Wildman–Crippen MR) is 119 cm³/mol. The number of benzene rings is 2. The van der Waals surface area contributed by atoms with Crippen LogP contribution in [-0.2, 0) is 11.3 Å². The van der Waals surface area contributed by atoms with Crippen LogP contribution in [-0.4, -0.2) is 53.5 Å². The van der Waals surface area contributed by atoms with Gasteiger partial charge in [0.1, 0.15) is 16.3 Å². The van der Waals surface area contributed by atoms with Gasteiger partial charge in [-0.3, -0.25) is 9.69 Å². The van der Waals surface area contributed by atoms with Crippen LogP contribution in [0.4, 0.5) is 0 Å². The van der Waals surface area contributed by atoms with Crippen LogP contribution in [0.5, 0.6) is 5.75 Å². The number of fused-ring (bicyclic) bond motifs is 2. The summed E-state index contributed by atoms with van der Waals surface area (Å²) in [6, 6.07) is 16.5. The fraction of sp³-hybridized carbons (Fsp3) is 0.261. The molecule has 2 aromatic carbocycles. The number of hydrogen-bond acceptors (Lipinski definition) is 7. The number of carbonyl (C=O) groups is 1. The molecular weight excluding hydrogens is 414 g/mol. The second-order valence-electron chi connectivity index (χ2n) is 7.48. The quantitative estimate of drug-likeness (QED) is 0.449. The van der Waals surface area contributed by atoms with Crippen molar-refractivity contribution in [2.45, 2.75) is 6.54 Å². The van der Waals surface area contributed by atoms with Crippen LogP contribution < -0.4 is 10.4 Å². The summed E-state index contributed by atoms with van der Waals surface area (Å²) >= 11 is 1.72. The van der Waals surface area contributed by atoms with E-state index in [9.17, 15) is 9.59 Å². The largest absolute Gasteiger partial charge is 0.484 e. The molecule has 0 aliphatic carbocycles. The minimum atomic E-state index is -0.413. The van der Waals surface area contributed by atoms with Crippen molar-refractivity contribution in [2.24, 2.45) is 0 Å². The van der Waals surface area contributed by atoms with Crippen LogP contribution in [0.25, 0.3) is 21.2 Å². The van der Waals surface area contributed by atoms with Crippen LogP contribution in [0, 0.1) is 0 Å². The maximum Gasteiger partial charge on any atom is 0.336 e. The SMILES string of the molecule is O=C(COc1ccc2ccc(=O)oc2c1)N1CCN(Cc2nc3ccccc3s2)CC1. The lowest BCUT2D eigenvalue weighted by Gasteiger charge is -2.34. The van der Waals surface area contributed by atoms with Crippen molar-refractivity contribution >= 4 is 38.4 Å². The summed E-state index contributed by atoms with van der Waals surface area (Å²) in [5.74, 6) is 0.457. The summed E-state index contributed by atoms with van der Waals surface area (Å²) in [6.45, 7) is 3.71.